The second-order valence-corrected chi connectivity index (χ2v) is 8.93. The summed E-state index contributed by atoms with van der Waals surface area (Å²) in [5.74, 6) is 3.13. The number of benzene rings is 1. The predicted octanol–water partition coefficient (Wildman–Crippen LogP) is 5.17. The Balaban J connectivity index is 1.62. The number of amides is 1. The van der Waals surface area contributed by atoms with Crippen LogP contribution in [0.2, 0.25) is 0 Å². The summed E-state index contributed by atoms with van der Waals surface area (Å²) in [6.45, 7) is 7.47. The Morgan fingerprint density at radius 3 is 2.78 bits per heavy atom. The highest BCUT2D eigenvalue weighted by atomic mass is 32.2. The van der Waals surface area contributed by atoms with Crippen LogP contribution in [0, 0.1) is 12.8 Å². The number of nitrogens with one attached hydrogen (secondary N) is 1. The molecule has 1 amide bonds. The van der Waals surface area contributed by atoms with Crippen LogP contribution >= 0.6 is 11.8 Å². The molecule has 0 radical (unpaired) electrons. The lowest BCUT2D eigenvalue weighted by Crippen LogP contribution is -2.24. The van der Waals surface area contributed by atoms with Gasteiger partial charge in [-0.15, -0.1) is 0 Å². The average molecular weight is 385 g/mol. The monoisotopic (exact) mass is 384 g/mol. The maximum Gasteiger partial charge on any atom is 0.251 e. The number of aryl methyl sites for hydroxylation is 1. The van der Waals surface area contributed by atoms with Gasteiger partial charge in [0.1, 0.15) is 0 Å². The lowest BCUT2D eigenvalue weighted by Gasteiger charge is -2.21. The lowest BCUT2D eigenvalue weighted by atomic mass is 9.89. The van der Waals surface area contributed by atoms with Crippen LogP contribution in [-0.4, -0.2) is 28.5 Å². The van der Waals surface area contributed by atoms with Crippen molar-refractivity contribution in [3.8, 4) is 5.69 Å². The van der Waals surface area contributed by atoms with E-state index in [0.717, 1.165) is 42.3 Å². The van der Waals surface area contributed by atoms with Crippen molar-refractivity contribution >= 4 is 17.7 Å². The number of carbonyl (C=O) groups excluding carboxylic acids is 1. The van der Waals surface area contributed by atoms with Crippen LogP contribution < -0.4 is 5.32 Å². The quantitative estimate of drug-likeness (QED) is 0.637. The minimum atomic E-state index is 0.0297. The molecule has 1 aromatic heterocycles. The molecule has 27 heavy (non-hydrogen) atoms. The van der Waals surface area contributed by atoms with Crippen LogP contribution in [0.25, 0.3) is 5.69 Å². The molecule has 1 aliphatic rings. The van der Waals surface area contributed by atoms with Gasteiger partial charge in [-0.2, -0.15) is 11.8 Å². The molecule has 0 saturated heterocycles. The fourth-order valence-electron chi connectivity index (χ4n) is 3.91. The summed E-state index contributed by atoms with van der Waals surface area (Å²) in [6.07, 6.45) is 5.82. The molecule has 0 fully saturated rings. The summed E-state index contributed by atoms with van der Waals surface area (Å²) < 4.78 is 2.37. The van der Waals surface area contributed by atoms with E-state index in [1.54, 1.807) is 0 Å². The third-order valence-electron chi connectivity index (χ3n) is 5.31. The Morgan fingerprint density at radius 1 is 1.26 bits per heavy atom. The molecule has 0 unspecified atom stereocenters. The zero-order chi connectivity index (χ0) is 19.2. The van der Waals surface area contributed by atoms with E-state index in [2.05, 4.69) is 48.9 Å². The number of nitrogens with zero attached hydrogens (tertiary/aromatic N) is 1. The highest BCUT2D eigenvalue weighted by Gasteiger charge is 2.21. The summed E-state index contributed by atoms with van der Waals surface area (Å²) in [5, 5.41) is 3.04. The Bertz CT molecular complexity index is 763. The number of fused-ring (bicyclic) bond motifs is 1. The molecule has 0 bridgehead atoms. The molecule has 0 saturated carbocycles. The first-order valence-corrected chi connectivity index (χ1v) is 11.4. The maximum atomic E-state index is 12.3. The molecular weight excluding hydrogens is 352 g/mol. The third kappa shape index (κ3) is 4.98. The Hall–Kier alpha value is -1.68. The highest BCUT2D eigenvalue weighted by molar-refractivity contribution is 7.99. The van der Waals surface area contributed by atoms with Crippen molar-refractivity contribution in [1.82, 2.24) is 9.88 Å². The Morgan fingerprint density at radius 2 is 2.04 bits per heavy atom. The van der Waals surface area contributed by atoms with Crippen molar-refractivity contribution in [2.75, 3.05) is 18.1 Å². The molecule has 1 aromatic carbocycles. The van der Waals surface area contributed by atoms with Gasteiger partial charge in [0, 0.05) is 29.2 Å². The average Bonchev–Trinajstić information content (AvgIpc) is 2.99. The van der Waals surface area contributed by atoms with E-state index in [0.29, 0.717) is 0 Å². The standard InChI is InChI=1S/C23H32N2OS/c1-4-13-27-14-5-12-24-23(26)19-7-9-21(10-8-19)25-18(3)16-20-15-17(2)6-11-22(20)25/h7-10,16-17H,4-6,11-15H2,1-3H3,(H,24,26)/t17-/m1/s1. The summed E-state index contributed by atoms with van der Waals surface area (Å²) in [4.78, 5) is 12.3. The first kappa shape index (κ1) is 20.1. The van der Waals surface area contributed by atoms with Gasteiger partial charge in [-0.3, -0.25) is 4.79 Å². The van der Waals surface area contributed by atoms with Crippen molar-refractivity contribution in [3.05, 3.63) is 52.8 Å². The van der Waals surface area contributed by atoms with Gasteiger partial charge in [0.25, 0.3) is 5.91 Å². The predicted molar refractivity (Wildman–Crippen MR) is 116 cm³/mol. The smallest absolute Gasteiger partial charge is 0.251 e. The van der Waals surface area contributed by atoms with E-state index in [4.69, 9.17) is 0 Å². The van der Waals surface area contributed by atoms with Crippen LogP contribution in [-0.2, 0) is 12.8 Å². The number of rotatable bonds is 8. The van der Waals surface area contributed by atoms with Crippen molar-refractivity contribution in [1.29, 1.82) is 0 Å². The zero-order valence-corrected chi connectivity index (χ0v) is 17.7. The second-order valence-electron chi connectivity index (χ2n) is 7.71. The lowest BCUT2D eigenvalue weighted by molar-refractivity contribution is 0.0954. The summed E-state index contributed by atoms with van der Waals surface area (Å²) in [6, 6.07) is 10.4. The number of hydrogen-bond acceptors (Lipinski definition) is 2. The number of carbonyl (C=O) groups is 1. The van der Waals surface area contributed by atoms with E-state index in [1.807, 2.05) is 23.9 Å². The van der Waals surface area contributed by atoms with Crippen LogP contribution in [0.4, 0.5) is 0 Å². The van der Waals surface area contributed by atoms with Gasteiger partial charge < -0.3 is 9.88 Å². The molecule has 0 aliphatic heterocycles. The number of thioether (sulfide) groups is 1. The first-order chi connectivity index (χ1) is 13.1. The molecule has 3 rings (SSSR count). The maximum absolute atomic E-state index is 12.3. The van der Waals surface area contributed by atoms with Gasteiger partial charge in [0.05, 0.1) is 0 Å². The minimum absolute atomic E-state index is 0.0297. The second kappa shape index (κ2) is 9.50. The highest BCUT2D eigenvalue weighted by Crippen LogP contribution is 2.30. The van der Waals surface area contributed by atoms with E-state index < -0.39 is 0 Å². The van der Waals surface area contributed by atoms with Crippen LogP contribution in [0.15, 0.2) is 30.3 Å². The summed E-state index contributed by atoms with van der Waals surface area (Å²) in [5.41, 5.74) is 6.14. The first-order valence-electron chi connectivity index (χ1n) is 10.3. The van der Waals surface area contributed by atoms with E-state index in [1.165, 1.54) is 42.0 Å². The minimum Gasteiger partial charge on any atom is -0.352 e. The van der Waals surface area contributed by atoms with Gasteiger partial charge in [-0.1, -0.05) is 13.8 Å². The molecule has 146 valence electrons. The third-order valence-corrected chi connectivity index (χ3v) is 6.58. The van der Waals surface area contributed by atoms with Crippen molar-refractivity contribution in [3.63, 3.8) is 0 Å². The number of aromatic nitrogens is 1. The van der Waals surface area contributed by atoms with E-state index in [9.17, 15) is 4.79 Å². The van der Waals surface area contributed by atoms with Crippen molar-refractivity contribution < 1.29 is 4.79 Å². The molecule has 3 nitrogen and oxygen atoms in total. The SMILES string of the molecule is CCCSCCCNC(=O)c1ccc(-n2c(C)cc3c2CC[C@@H](C)C3)cc1. The molecule has 4 heteroatoms. The molecule has 1 N–H and O–H groups in total. The van der Waals surface area contributed by atoms with Gasteiger partial charge in [-0.05, 0) is 92.3 Å². The largest absolute Gasteiger partial charge is 0.352 e. The summed E-state index contributed by atoms with van der Waals surface area (Å²) >= 11 is 1.96. The van der Waals surface area contributed by atoms with Crippen LogP contribution in [0.3, 0.4) is 0 Å². The zero-order valence-electron chi connectivity index (χ0n) is 16.9. The van der Waals surface area contributed by atoms with Gasteiger partial charge in [0.2, 0.25) is 0 Å². The molecular formula is C23H32N2OS. The van der Waals surface area contributed by atoms with E-state index >= 15 is 0 Å². The molecule has 1 aliphatic carbocycles. The van der Waals surface area contributed by atoms with E-state index in [-0.39, 0.29) is 5.91 Å². The fourth-order valence-corrected chi connectivity index (χ4v) is 4.75. The Kier molecular flexibility index (Phi) is 7.06. The number of hydrogen-bond donors (Lipinski definition) is 1. The molecule has 1 atom stereocenters. The molecule has 2 aromatic rings. The van der Waals surface area contributed by atoms with Crippen LogP contribution in [0.5, 0.6) is 0 Å². The fraction of sp³-hybridized carbons (Fsp3) is 0.522. The molecule has 0 spiro atoms. The van der Waals surface area contributed by atoms with Gasteiger partial charge in [0.15, 0.2) is 0 Å². The topological polar surface area (TPSA) is 34.0 Å². The summed E-state index contributed by atoms with van der Waals surface area (Å²) in [7, 11) is 0. The van der Waals surface area contributed by atoms with Crippen molar-refractivity contribution in [2.45, 2.75) is 52.9 Å². The van der Waals surface area contributed by atoms with Gasteiger partial charge in [-0.25, -0.2) is 0 Å². The van der Waals surface area contributed by atoms with Gasteiger partial charge >= 0.3 is 0 Å². The van der Waals surface area contributed by atoms with Crippen molar-refractivity contribution in [2.24, 2.45) is 5.92 Å². The molecule has 1 heterocycles. The van der Waals surface area contributed by atoms with Crippen LogP contribution in [0.1, 0.15) is 60.4 Å². The normalized spacial score (nSPS) is 16.2. The Labute approximate surface area is 167 Å².